The molecule has 1 fully saturated rings. The Morgan fingerprint density at radius 1 is 1.41 bits per heavy atom. The maximum atomic E-state index is 9.34. The van der Waals surface area contributed by atoms with Gasteiger partial charge in [0.1, 0.15) is 5.75 Å². The van der Waals surface area contributed by atoms with Crippen LogP contribution in [0.3, 0.4) is 0 Å². The standard InChI is InChI=1S/C14H22N2O/c1-2-14(11-5-7-13(17)8-6-11)16-9-3-4-12(16)10-15/h5-8,12,14,17H,2-4,9-10,15H2,1H3. The fourth-order valence-electron chi connectivity index (χ4n) is 2.88. The number of hydrogen-bond donors (Lipinski definition) is 2. The van der Waals surface area contributed by atoms with Crippen LogP contribution in [-0.2, 0) is 0 Å². The van der Waals surface area contributed by atoms with Crippen LogP contribution in [0.2, 0.25) is 0 Å². The van der Waals surface area contributed by atoms with Gasteiger partial charge in [0.2, 0.25) is 0 Å². The minimum Gasteiger partial charge on any atom is -0.508 e. The second-order valence-electron chi connectivity index (χ2n) is 4.79. The number of nitrogens with zero attached hydrogens (tertiary/aromatic N) is 1. The van der Waals surface area contributed by atoms with Gasteiger partial charge in [-0.15, -0.1) is 0 Å². The summed E-state index contributed by atoms with van der Waals surface area (Å²) in [6.45, 7) is 4.10. The van der Waals surface area contributed by atoms with Gasteiger partial charge in [-0.1, -0.05) is 19.1 Å². The summed E-state index contributed by atoms with van der Waals surface area (Å²) in [5.41, 5.74) is 7.12. The summed E-state index contributed by atoms with van der Waals surface area (Å²) in [4.78, 5) is 2.52. The van der Waals surface area contributed by atoms with Crippen molar-refractivity contribution in [2.24, 2.45) is 5.73 Å². The molecule has 0 aliphatic carbocycles. The lowest BCUT2D eigenvalue weighted by Crippen LogP contribution is -2.38. The van der Waals surface area contributed by atoms with Crippen LogP contribution in [0.1, 0.15) is 37.8 Å². The normalized spacial score (nSPS) is 22.8. The Morgan fingerprint density at radius 2 is 2.12 bits per heavy atom. The van der Waals surface area contributed by atoms with Crippen LogP contribution in [0.15, 0.2) is 24.3 Å². The molecule has 3 N–H and O–H groups in total. The van der Waals surface area contributed by atoms with E-state index in [9.17, 15) is 5.11 Å². The van der Waals surface area contributed by atoms with Crippen LogP contribution in [0, 0.1) is 0 Å². The van der Waals surface area contributed by atoms with Gasteiger partial charge in [0.15, 0.2) is 0 Å². The molecule has 0 aromatic heterocycles. The van der Waals surface area contributed by atoms with E-state index in [2.05, 4.69) is 11.8 Å². The Morgan fingerprint density at radius 3 is 2.71 bits per heavy atom. The number of hydrogen-bond acceptors (Lipinski definition) is 3. The molecular weight excluding hydrogens is 212 g/mol. The van der Waals surface area contributed by atoms with Crippen molar-refractivity contribution in [1.29, 1.82) is 0 Å². The molecule has 94 valence electrons. The van der Waals surface area contributed by atoms with Crippen molar-refractivity contribution in [3.63, 3.8) is 0 Å². The van der Waals surface area contributed by atoms with E-state index in [0.717, 1.165) is 19.5 Å². The predicted octanol–water partition coefficient (Wildman–Crippen LogP) is 2.27. The van der Waals surface area contributed by atoms with Crippen molar-refractivity contribution < 1.29 is 5.11 Å². The Balaban J connectivity index is 2.18. The summed E-state index contributed by atoms with van der Waals surface area (Å²) in [5.74, 6) is 0.334. The maximum Gasteiger partial charge on any atom is 0.115 e. The molecule has 2 rings (SSSR count). The van der Waals surface area contributed by atoms with Gasteiger partial charge in [-0.25, -0.2) is 0 Å². The molecule has 1 heterocycles. The van der Waals surface area contributed by atoms with E-state index >= 15 is 0 Å². The summed E-state index contributed by atoms with van der Waals surface area (Å²) >= 11 is 0. The first-order valence-electron chi connectivity index (χ1n) is 6.51. The third kappa shape index (κ3) is 2.61. The van der Waals surface area contributed by atoms with E-state index in [1.165, 1.54) is 18.4 Å². The van der Waals surface area contributed by atoms with Gasteiger partial charge >= 0.3 is 0 Å². The number of phenols is 1. The third-order valence-corrected chi connectivity index (χ3v) is 3.76. The molecule has 0 spiro atoms. The first kappa shape index (κ1) is 12.4. The van der Waals surface area contributed by atoms with E-state index in [0.29, 0.717) is 17.8 Å². The molecule has 3 heteroatoms. The van der Waals surface area contributed by atoms with Gasteiger partial charge in [0, 0.05) is 18.6 Å². The molecule has 1 aromatic rings. The molecular formula is C14H22N2O. The summed E-state index contributed by atoms with van der Waals surface area (Å²) < 4.78 is 0. The Bertz CT molecular complexity index is 350. The average molecular weight is 234 g/mol. The molecule has 1 aromatic carbocycles. The second-order valence-corrected chi connectivity index (χ2v) is 4.79. The number of likely N-dealkylation sites (tertiary alicyclic amines) is 1. The SMILES string of the molecule is CCC(c1ccc(O)cc1)N1CCCC1CN. The minimum absolute atomic E-state index is 0.334. The Kier molecular flexibility index (Phi) is 4.02. The number of rotatable bonds is 4. The lowest BCUT2D eigenvalue weighted by atomic mass is 10.0. The lowest BCUT2D eigenvalue weighted by Gasteiger charge is -2.32. The van der Waals surface area contributed by atoms with Gasteiger partial charge in [0.05, 0.1) is 0 Å². The van der Waals surface area contributed by atoms with E-state index in [4.69, 9.17) is 5.73 Å². The zero-order valence-electron chi connectivity index (χ0n) is 10.5. The van der Waals surface area contributed by atoms with Crippen molar-refractivity contribution in [2.45, 2.75) is 38.3 Å². The highest BCUT2D eigenvalue weighted by molar-refractivity contribution is 5.28. The molecule has 3 nitrogen and oxygen atoms in total. The average Bonchev–Trinajstić information content (AvgIpc) is 2.81. The first-order valence-corrected chi connectivity index (χ1v) is 6.51. The molecule has 0 saturated carbocycles. The second kappa shape index (κ2) is 5.52. The van der Waals surface area contributed by atoms with Crippen molar-refractivity contribution >= 4 is 0 Å². The number of benzene rings is 1. The van der Waals surface area contributed by atoms with Crippen molar-refractivity contribution in [2.75, 3.05) is 13.1 Å². The number of aromatic hydroxyl groups is 1. The lowest BCUT2D eigenvalue weighted by molar-refractivity contribution is 0.179. The number of phenolic OH excluding ortho intramolecular Hbond substituents is 1. The number of nitrogens with two attached hydrogens (primary N) is 1. The monoisotopic (exact) mass is 234 g/mol. The van der Waals surface area contributed by atoms with E-state index in [1.807, 2.05) is 12.1 Å². The van der Waals surface area contributed by atoms with Gasteiger partial charge in [-0.3, -0.25) is 4.90 Å². The fourth-order valence-corrected chi connectivity index (χ4v) is 2.88. The summed E-state index contributed by atoms with van der Waals surface area (Å²) in [5, 5.41) is 9.34. The molecule has 17 heavy (non-hydrogen) atoms. The zero-order valence-corrected chi connectivity index (χ0v) is 10.5. The molecule has 0 bridgehead atoms. The van der Waals surface area contributed by atoms with Crippen molar-refractivity contribution in [3.05, 3.63) is 29.8 Å². The van der Waals surface area contributed by atoms with Crippen LogP contribution in [0.25, 0.3) is 0 Å². The molecule has 2 atom stereocenters. The van der Waals surface area contributed by atoms with Crippen molar-refractivity contribution in [3.8, 4) is 5.75 Å². The summed E-state index contributed by atoms with van der Waals surface area (Å²) in [7, 11) is 0. The van der Waals surface area contributed by atoms with Crippen molar-refractivity contribution in [1.82, 2.24) is 4.90 Å². The quantitative estimate of drug-likeness (QED) is 0.840. The first-order chi connectivity index (χ1) is 8.26. The van der Waals surface area contributed by atoms with Crippen LogP contribution >= 0.6 is 0 Å². The molecule has 1 aliphatic heterocycles. The molecule has 2 unspecified atom stereocenters. The molecule has 0 amide bonds. The predicted molar refractivity (Wildman–Crippen MR) is 69.9 cm³/mol. The Labute approximate surface area is 103 Å². The summed E-state index contributed by atoms with van der Waals surface area (Å²) in [6, 6.07) is 8.54. The highest BCUT2D eigenvalue weighted by Gasteiger charge is 2.29. The highest BCUT2D eigenvalue weighted by atomic mass is 16.3. The van der Waals surface area contributed by atoms with E-state index < -0.39 is 0 Å². The van der Waals surface area contributed by atoms with Gasteiger partial charge < -0.3 is 10.8 Å². The highest BCUT2D eigenvalue weighted by Crippen LogP contribution is 2.31. The third-order valence-electron chi connectivity index (χ3n) is 3.76. The fraction of sp³-hybridized carbons (Fsp3) is 0.571. The van der Waals surface area contributed by atoms with E-state index in [1.54, 1.807) is 12.1 Å². The van der Waals surface area contributed by atoms with E-state index in [-0.39, 0.29) is 0 Å². The van der Waals surface area contributed by atoms with Gasteiger partial charge in [0.25, 0.3) is 0 Å². The Hall–Kier alpha value is -1.06. The largest absolute Gasteiger partial charge is 0.508 e. The topological polar surface area (TPSA) is 49.5 Å². The van der Waals surface area contributed by atoms with Gasteiger partial charge in [-0.05, 0) is 43.5 Å². The van der Waals surface area contributed by atoms with Gasteiger partial charge in [-0.2, -0.15) is 0 Å². The molecule has 1 aliphatic rings. The van der Waals surface area contributed by atoms with Crippen LogP contribution in [0.5, 0.6) is 5.75 Å². The minimum atomic E-state index is 0.334. The smallest absolute Gasteiger partial charge is 0.115 e. The van der Waals surface area contributed by atoms with Crippen LogP contribution in [0.4, 0.5) is 0 Å². The molecule has 0 radical (unpaired) electrons. The zero-order chi connectivity index (χ0) is 12.3. The van der Waals surface area contributed by atoms with Crippen LogP contribution < -0.4 is 5.73 Å². The summed E-state index contributed by atoms with van der Waals surface area (Å²) in [6.07, 6.45) is 3.54. The molecule has 1 saturated heterocycles. The maximum absolute atomic E-state index is 9.34. The van der Waals surface area contributed by atoms with Crippen LogP contribution in [-0.4, -0.2) is 29.1 Å².